The zero-order valence-corrected chi connectivity index (χ0v) is 11.0. The summed E-state index contributed by atoms with van der Waals surface area (Å²) in [6.07, 6.45) is 13.3. The van der Waals surface area contributed by atoms with Gasteiger partial charge in [-0.2, -0.15) is 0 Å². The summed E-state index contributed by atoms with van der Waals surface area (Å²) in [5, 5.41) is 3.37. The van der Waals surface area contributed by atoms with Crippen molar-refractivity contribution in [3.8, 4) is 0 Å². The monoisotopic (exact) mass is 248 g/mol. The third-order valence-corrected chi connectivity index (χ3v) is 4.52. The minimum Gasteiger partial charge on any atom is -0.293 e. The Bertz CT molecular complexity index is 368. The summed E-state index contributed by atoms with van der Waals surface area (Å²) < 4.78 is 0. The van der Waals surface area contributed by atoms with Gasteiger partial charge in [0.15, 0.2) is 0 Å². The van der Waals surface area contributed by atoms with Gasteiger partial charge in [-0.1, -0.05) is 12.2 Å². The second kappa shape index (κ2) is 5.32. The van der Waals surface area contributed by atoms with E-state index in [1.165, 1.54) is 43.7 Å². The van der Waals surface area contributed by atoms with E-state index < -0.39 is 0 Å². The van der Waals surface area contributed by atoms with E-state index in [4.69, 9.17) is 0 Å². The van der Waals surface area contributed by atoms with E-state index in [1.807, 2.05) is 6.20 Å². The van der Waals surface area contributed by atoms with Crippen molar-refractivity contribution in [3.63, 3.8) is 0 Å². The molecule has 1 aromatic heterocycles. The average Bonchev–Trinajstić information content (AvgIpc) is 3.09. The first-order chi connectivity index (χ1) is 8.42. The Balaban J connectivity index is 1.58. The van der Waals surface area contributed by atoms with E-state index in [2.05, 4.69) is 27.4 Å². The largest absolute Gasteiger partial charge is 0.293 e. The van der Waals surface area contributed by atoms with E-state index in [-0.39, 0.29) is 0 Å². The van der Waals surface area contributed by atoms with Gasteiger partial charge in [0.25, 0.3) is 0 Å². The normalized spacial score (nSPS) is 24.4. The molecule has 0 aliphatic heterocycles. The lowest BCUT2D eigenvalue weighted by atomic mass is 9.94. The first-order valence-corrected chi connectivity index (χ1v) is 7.57. The predicted molar refractivity (Wildman–Crippen MR) is 72.0 cm³/mol. The molecule has 17 heavy (non-hydrogen) atoms. The fourth-order valence-corrected chi connectivity index (χ4v) is 3.28. The molecule has 3 rings (SSSR count). The highest BCUT2D eigenvalue weighted by Gasteiger charge is 2.30. The predicted octanol–water partition coefficient (Wildman–Crippen LogP) is 3.46. The molecular weight excluding hydrogens is 228 g/mol. The first kappa shape index (κ1) is 11.4. The van der Waals surface area contributed by atoms with Gasteiger partial charge in [-0.25, -0.2) is 4.98 Å². The third-order valence-electron chi connectivity index (χ3n) is 3.76. The Hall–Kier alpha value is -0.670. The van der Waals surface area contributed by atoms with E-state index in [1.54, 1.807) is 11.3 Å². The lowest BCUT2D eigenvalue weighted by Gasteiger charge is -2.27. The van der Waals surface area contributed by atoms with Gasteiger partial charge in [0.2, 0.25) is 0 Å². The highest BCUT2D eigenvalue weighted by molar-refractivity contribution is 7.09. The summed E-state index contributed by atoms with van der Waals surface area (Å²) >= 11 is 1.79. The van der Waals surface area contributed by atoms with Crippen molar-refractivity contribution in [3.05, 3.63) is 28.7 Å². The topological polar surface area (TPSA) is 16.1 Å². The molecule has 0 radical (unpaired) electrons. The molecular formula is C14H20N2S. The molecule has 2 nitrogen and oxygen atoms in total. The number of nitrogens with zero attached hydrogens (tertiary/aromatic N) is 2. The number of aromatic nitrogens is 1. The van der Waals surface area contributed by atoms with Gasteiger partial charge in [0, 0.05) is 24.2 Å². The fraction of sp³-hybridized carbons (Fsp3) is 0.643. The highest BCUT2D eigenvalue weighted by Crippen LogP contribution is 2.31. The van der Waals surface area contributed by atoms with Crippen LogP contribution in [0.25, 0.3) is 0 Å². The Morgan fingerprint density at radius 3 is 2.88 bits per heavy atom. The van der Waals surface area contributed by atoms with Gasteiger partial charge in [-0.15, -0.1) is 11.3 Å². The van der Waals surface area contributed by atoms with Crippen molar-refractivity contribution in [2.45, 2.75) is 44.7 Å². The molecule has 0 N–H and O–H groups in total. The average molecular weight is 248 g/mol. The minimum atomic E-state index is 0.852. The molecule has 1 heterocycles. The van der Waals surface area contributed by atoms with Crippen LogP contribution in [0.2, 0.25) is 0 Å². The van der Waals surface area contributed by atoms with Crippen molar-refractivity contribution < 1.29 is 0 Å². The Morgan fingerprint density at radius 1 is 1.29 bits per heavy atom. The molecule has 2 aliphatic carbocycles. The maximum absolute atomic E-state index is 4.42. The molecule has 1 saturated carbocycles. The molecule has 1 atom stereocenters. The molecule has 92 valence electrons. The number of thiazole rings is 1. The molecule has 0 aromatic carbocycles. The molecule has 0 spiro atoms. The van der Waals surface area contributed by atoms with Crippen molar-refractivity contribution in [2.24, 2.45) is 5.92 Å². The molecule has 0 saturated heterocycles. The summed E-state index contributed by atoms with van der Waals surface area (Å²) in [5.41, 5.74) is 0. The van der Waals surface area contributed by atoms with Gasteiger partial charge in [-0.3, -0.25) is 4.90 Å². The Morgan fingerprint density at radius 2 is 2.24 bits per heavy atom. The Labute approximate surface area is 107 Å². The summed E-state index contributed by atoms with van der Waals surface area (Å²) in [4.78, 5) is 7.09. The van der Waals surface area contributed by atoms with Crippen LogP contribution in [0, 0.1) is 5.92 Å². The number of rotatable bonds is 5. The van der Waals surface area contributed by atoms with Crippen LogP contribution in [0.4, 0.5) is 0 Å². The minimum absolute atomic E-state index is 0.852. The van der Waals surface area contributed by atoms with Crippen molar-refractivity contribution in [1.29, 1.82) is 0 Å². The Kier molecular flexibility index (Phi) is 3.57. The van der Waals surface area contributed by atoms with E-state index >= 15 is 0 Å². The maximum Gasteiger partial charge on any atom is 0.107 e. The molecule has 1 aromatic rings. The van der Waals surface area contributed by atoms with Crippen LogP contribution in [0.15, 0.2) is 23.7 Å². The summed E-state index contributed by atoms with van der Waals surface area (Å²) in [6.45, 7) is 2.34. The van der Waals surface area contributed by atoms with Gasteiger partial charge >= 0.3 is 0 Å². The number of allylic oxidation sites excluding steroid dienone is 2. The molecule has 1 fully saturated rings. The SMILES string of the molecule is C1=CCC(CN(Cc2nccs2)C2CC2)CC1. The zero-order chi connectivity index (χ0) is 11.5. The van der Waals surface area contributed by atoms with Gasteiger partial charge < -0.3 is 0 Å². The van der Waals surface area contributed by atoms with Crippen molar-refractivity contribution >= 4 is 11.3 Å². The third kappa shape index (κ3) is 3.17. The van der Waals surface area contributed by atoms with Gasteiger partial charge in [0.05, 0.1) is 6.54 Å². The van der Waals surface area contributed by atoms with Gasteiger partial charge in [-0.05, 0) is 38.0 Å². The molecule has 0 bridgehead atoms. The molecule has 3 heteroatoms. The number of hydrogen-bond acceptors (Lipinski definition) is 3. The van der Waals surface area contributed by atoms with Crippen LogP contribution >= 0.6 is 11.3 Å². The second-order valence-electron chi connectivity index (χ2n) is 5.24. The summed E-state index contributed by atoms with van der Waals surface area (Å²) in [7, 11) is 0. The number of hydrogen-bond donors (Lipinski definition) is 0. The van der Waals surface area contributed by atoms with Crippen LogP contribution in [0.3, 0.4) is 0 Å². The standard InChI is InChI=1S/C14H20N2S/c1-2-4-12(5-3-1)10-16(13-6-7-13)11-14-15-8-9-17-14/h1-2,8-9,12-13H,3-7,10-11H2. The zero-order valence-electron chi connectivity index (χ0n) is 10.2. The van der Waals surface area contributed by atoms with Crippen LogP contribution in [-0.4, -0.2) is 22.5 Å². The first-order valence-electron chi connectivity index (χ1n) is 6.69. The lowest BCUT2D eigenvalue weighted by molar-refractivity contribution is 0.205. The van der Waals surface area contributed by atoms with E-state index in [0.717, 1.165) is 18.5 Å². The van der Waals surface area contributed by atoms with Crippen LogP contribution in [0.5, 0.6) is 0 Å². The van der Waals surface area contributed by atoms with Crippen LogP contribution < -0.4 is 0 Å². The second-order valence-corrected chi connectivity index (χ2v) is 6.22. The maximum atomic E-state index is 4.42. The molecule has 1 unspecified atom stereocenters. The smallest absolute Gasteiger partial charge is 0.107 e. The van der Waals surface area contributed by atoms with E-state index in [0.29, 0.717) is 0 Å². The van der Waals surface area contributed by atoms with Crippen molar-refractivity contribution in [2.75, 3.05) is 6.54 Å². The fourth-order valence-electron chi connectivity index (χ4n) is 2.64. The molecule has 0 amide bonds. The van der Waals surface area contributed by atoms with Crippen LogP contribution in [0.1, 0.15) is 37.1 Å². The van der Waals surface area contributed by atoms with E-state index in [9.17, 15) is 0 Å². The van der Waals surface area contributed by atoms with Crippen molar-refractivity contribution in [1.82, 2.24) is 9.88 Å². The highest BCUT2D eigenvalue weighted by atomic mass is 32.1. The van der Waals surface area contributed by atoms with Gasteiger partial charge in [0.1, 0.15) is 5.01 Å². The molecule has 2 aliphatic rings. The lowest BCUT2D eigenvalue weighted by Crippen LogP contribution is -2.31. The quantitative estimate of drug-likeness (QED) is 0.742. The summed E-state index contributed by atoms with van der Waals surface area (Å²) in [5.74, 6) is 0.876. The van der Waals surface area contributed by atoms with Crippen LogP contribution in [-0.2, 0) is 6.54 Å². The summed E-state index contributed by atoms with van der Waals surface area (Å²) in [6, 6.07) is 0.852.